The van der Waals surface area contributed by atoms with Gasteiger partial charge in [-0.25, -0.2) is 4.79 Å². The third-order valence-electron chi connectivity index (χ3n) is 9.77. The van der Waals surface area contributed by atoms with Gasteiger partial charge in [-0.2, -0.15) is 0 Å². The van der Waals surface area contributed by atoms with E-state index in [1.807, 2.05) is 66.7 Å². The lowest BCUT2D eigenvalue weighted by atomic mass is 9.86. The fourth-order valence-electron chi connectivity index (χ4n) is 7.27. The summed E-state index contributed by atoms with van der Waals surface area (Å²) in [6.45, 7) is 0.251. The van der Waals surface area contributed by atoms with E-state index in [1.165, 1.54) is 0 Å². The molecule has 5 rings (SSSR count). The Kier molecular flexibility index (Phi) is 13.0. The molecule has 13 heteroatoms. The number of amides is 4. The van der Waals surface area contributed by atoms with E-state index in [0.29, 0.717) is 32.1 Å². The molecule has 2 saturated heterocycles. The molecule has 274 valence electrons. The molecule has 0 aliphatic carbocycles. The number of carbonyl (C=O) groups is 5. The van der Waals surface area contributed by atoms with Gasteiger partial charge in [-0.3, -0.25) is 24.6 Å². The first-order valence-electron chi connectivity index (χ1n) is 17.7. The molecule has 2 aliphatic rings. The first-order chi connectivity index (χ1) is 25.1. The van der Waals surface area contributed by atoms with Crippen LogP contribution < -0.4 is 27.0 Å². The van der Waals surface area contributed by atoms with Gasteiger partial charge in [-0.15, -0.1) is 0 Å². The first-order valence-corrected chi connectivity index (χ1v) is 17.7. The van der Waals surface area contributed by atoms with Gasteiger partial charge in [0.25, 0.3) is 0 Å². The summed E-state index contributed by atoms with van der Waals surface area (Å²) < 4.78 is 0. The lowest BCUT2D eigenvalue weighted by Gasteiger charge is -2.39. The quantitative estimate of drug-likeness (QED) is 0.0663. The highest BCUT2D eigenvalue weighted by Crippen LogP contribution is 2.39. The van der Waals surface area contributed by atoms with E-state index in [2.05, 4.69) is 21.3 Å². The smallest absolute Gasteiger partial charge is 0.326 e. The minimum Gasteiger partial charge on any atom is -0.480 e. The van der Waals surface area contributed by atoms with Crippen LogP contribution in [-0.4, -0.2) is 82.3 Å². The summed E-state index contributed by atoms with van der Waals surface area (Å²) in [5, 5.41) is 28.4. The molecule has 2 fully saturated rings. The van der Waals surface area contributed by atoms with Crippen LogP contribution in [0.4, 0.5) is 0 Å². The molecule has 2 heterocycles. The van der Waals surface area contributed by atoms with Gasteiger partial charge in [0.2, 0.25) is 23.6 Å². The van der Waals surface area contributed by atoms with Crippen molar-refractivity contribution >= 4 is 35.6 Å². The average Bonchev–Trinajstić information content (AvgIpc) is 3.50. The van der Waals surface area contributed by atoms with Gasteiger partial charge >= 0.3 is 5.97 Å². The number of hydrogen-bond acceptors (Lipinski definition) is 6. The predicted octanol–water partition coefficient (Wildman–Crippen LogP) is 1.90. The summed E-state index contributed by atoms with van der Waals surface area (Å²) in [5.74, 6) is -3.34. The summed E-state index contributed by atoms with van der Waals surface area (Å²) in [5.41, 5.74) is 8.04. The highest BCUT2D eigenvalue weighted by Gasteiger charge is 2.51. The van der Waals surface area contributed by atoms with E-state index < -0.39 is 42.0 Å². The largest absolute Gasteiger partial charge is 0.480 e. The summed E-state index contributed by atoms with van der Waals surface area (Å²) in [7, 11) is 0. The molecule has 52 heavy (non-hydrogen) atoms. The van der Waals surface area contributed by atoms with Crippen molar-refractivity contribution in [3.8, 4) is 0 Å². The van der Waals surface area contributed by atoms with Crippen LogP contribution in [0.2, 0.25) is 0 Å². The molecule has 3 aromatic rings. The van der Waals surface area contributed by atoms with Crippen LogP contribution in [0.25, 0.3) is 0 Å². The van der Waals surface area contributed by atoms with Gasteiger partial charge in [-0.05, 0) is 61.1 Å². The van der Waals surface area contributed by atoms with Gasteiger partial charge < -0.3 is 37.0 Å². The van der Waals surface area contributed by atoms with Crippen LogP contribution in [0, 0.1) is 11.3 Å². The Morgan fingerprint density at radius 1 is 0.846 bits per heavy atom. The average molecular weight is 710 g/mol. The Morgan fingerprint density at radius 2 is 1.46 bits per heavy atom. The normalized spacial score (nSPS) is 20.5. The summed E-state index contributed by atoms with van der Waals surface area (Å²) in [6.07, 6.45) is 2.63. The Labute approximate surface area is 303 Å². The summed E-state index contributed by atoms with van der Waals surface area (Å²) in [4.78, 5) is 68.9. The number of nitrogens with one attached hydrogen (secondary N) is 5. The Morgan fingerprint density at radius 3 is 2.08 bits per heavy atom. The first kappa shape index (κ1) is 37.5. The number of fused-ring (bicyclic) bond motifs is 1. The molecular formula is C39H47N7O6. The number of aliphatic carboxylic acids is 1. The number of rotatable bonds is 16. The molecule has 8 N–H and O–H groups in total. The summed E-state index contributed by atoms with van der Waals surface area (Å²) in [6, 6.07) is 23.7. The minimum atomic E-state index is -1.25. The number of nitrogens with two attached hydrogens (primary N) is 1. The van der Waals surface area contributed by atoms with E-state index in [4.69, 9.17) is 11.1 Å². The zero-order valence-electron chi connectivity index (χ0n) is 29.0. The van der Waals surface area contributed by atoms with Gasteiger partial charge in [0.05, 0.1) is 6.42 Å². The third kappa shape index (κ3) is 10.2. The number of piperidine rings is 1. The molecule has 0 radical (unpaired) electrons. The number of benzene rings is 3. The second-order valence-electron chi connectivity index (χ2n) is 13.5. The molecule has 0 aromatic heterocycles. The van der Waals surface area contributed by atoms with Gasteiger partial charge in [0.15, 0.2) is 5.96 Å². The van der Waals surface area contributed by atoms with Crippen LogP contribution in [0.5, 0.6) is 0 Å². The predicted molar refractivity (Wildman–Crippen MR) is 195 cm³/mol. The van der Waals surface area contributed by atoms with Crippen molar-refractivity contribution in [1.82, 2.24) is 26.2 Å². The lowest BCUT2D eigenvalue weighted by Crippen LogP contribution is -2.61. The van der Waals surface area contributed by atoms with Crippen molar-refractivity contribution < 1.29 is 29.1 Å². The fraction of sp³-hybridized carbons (Fsp3) is 0.385. The standard InChI is InChI=1S/C39H47N7O6/c40-39(41)42-20-10-17-29(35(48)45-31(38(51)52)22-26-13-6-2-7-14-26)44-36(49)33-24-28(21-25-11-4-1-5-12-25)32-19-18-30(37(50)46(32)33)43-34(47)23-27-15-8-3-9-16-27/h1-9,11-16,28-33H,10,17-24H2,(H,43,47)(H,44,49)(H,45,48)(H,51,52)(H4,40,41,42)/t28-,29-,30?,31+,32-,33+/m1/s1. The van der Waals surface area contributed by atoms with Crippen molar-refractivity contribution in [3.05, 3.63) is 108 Å². The molecule has 2 aliphatic heterocycles. The second kappa shape index (κ2) is 18.0. The van der Waals surface area contributed by atoms with E-state index in [-0.39, 0.29) is 55.5 Å². The number of hydrogen-bond donors (Lipinski definition) is 7. The highest BCUT2D eigenvalue weighted by atomic mass is 16.4. The van der Waals surface area contributed by atoms with Crippen LogP contribution in [0.3, 0.4) is 0 Å². The van der Waals surface area contributed by atoms with Crippen molar-refractivity contribution in [3.63, 3.8) is 0 Å². The zero-order valence-corrected chi connectivity index (χ0v) is 29.0. The molecular weight excluding hydrogens is 662 g/mol. The number of nitrogens with zero attached hydrogens (tertiary/aromatic N) is 1. The van der Waals surface area contributed by atoms with Crippen LogP contribution in [0.1, 0.15) is 48.8 Å². The maximum absolute atomic E-state index is 14.2. The number of carboxylic acids is 1. The maximum atomic E-state index is 14.2. The fourth-order valence-corrected chi connectivity index (χ4v) is 7.27. The van der Waals surface area contributed by atoms with Crippen molar-refractivity contribution in [2.45, 2.75) is 81.6 Å². The Bertz CT molecular complexity index is 1710. The van der Waals surface area contributed by atoms with Gasteiger partial charge in [0.1, 0.15) is 24.2 Å². The monoisotopic (exact) mass is 709 g/mol. The Hall–Kier alpha value is -5.72. The van der Waals surface area contributed by atoms with Crippen molar-refractivity contribution in [2.24, 2.45) is 11.7 Å². The van der Waals surface area contributed by atoms with E-state index in [0.717, 1.165) is 16.7 Å². The maximum Gasteiger partial charge on any atom is 0.326 e. The highest BCUT2D eigenvalue weighted by molar-refractivity contribution is 5.96. The number of carbonyl (C=O) groups excluding carboxylic acids is 4. The van der Waals surface area contributed by atoms with Crippen molar-refractivity contribution in [1.29, 1.82) is 5.41 Å². The number of guanidine groups is 1. The molecule has 6 atom stereocenters. The molecule has 13 nitrogen and oxygen atoms in total. The second-order valence-corrected chi connectivity index (χ2v) is 13.5. The van der Waals surface area contributed by atoms with E-state index in [9.17, 15) is 29.1 Å². The van der Waals surface area contributed by atoms with Crippen LogP contribution in [0.15, 0.2) is 91.0 Å². The molecule has 0 bridgehead atoms. The molecule has 1 unspecified atom stereocenters. The molecule has 0 spiro atoms. The minimum absolute atomic E-state index is 0.0413. The Balaban J connectivity index is 1.34. The molecule has 4 amide bonds. The third-order valence-corrected chi connectivity index (χ3v) is 9.77. The topological polar surface area (TPSA) is 207 Å². The SMILES string of the molecule is N=C(N)NCCC[C@@H](NC(=O)[C@@H]1C[C@@H](Cc2ccccc2)[C@H]2CCC(NC(=O)Cc3ccccc3)C(=O)N21)C(=O)N[C@@H](Cc1ccccc1)C(=O)O. The van der Waals surface area contributed by atoms with E-state index in [1.54, 1.807) is 29.2 Å². The van der Waals surface area contributed by atoms with E-state index >= 15 is 0 Å². The lowest BCUT2D eigenvalue weighted by molar-refractivity contribution is -0.147. The number of carboxylic acid groups (broad SMARTS) is 1. The molecule has 0 saturated carbocycles. The summed E-state index contributed by atoms with van der Waals surface area (Å²) >= 11 is 0. The van der Waals surface area contributed by atoms with Crippen LogP contribution in [-0.2, 0) is 43.2 Å². The van der Waals surface area contributed by atoms with Gasteiger partial charge in [0, 0.05) is 19.0 Å². The zero-order chi connectivity index (χ0) is 37.0. The van der Waals surface area contributed by atoms with Crippen molar-refractivity contribution in [2.75, 3.05) is 6.54 Å². The van der Waals surface area contributed by atoms with Gasteiger partial charge in [-0.1, -0.05) is 91.0 Å². The van der Waals surface area contributed by atoms with Crippen LogP contribution >= 0.6 is 0 Å². The molecule has 3 aromatic carbocycles.